The molecule has 1 atom stereocenters. The second-order valence-corrected chi connectivity index (χ2v) is 9.35. The van der Waals surface area contributed by atoms with Crippen molar-refractivity contribution in [3.05, 3.63) is 101 Å². The van der Waals surface area contributed by atoms with Gasteiger partial charge in [0.15, 0.2) is 0 Å². The Morgan fingerprint density at radius 1 is 0.744 bits per heavy atom. The Morgan fingerprint density at radius 3 is 1.97 bits per heavy atom. The van der Waals surface area contributed by atoms with Crippen molar-refractivity contribution in [2.24, 2.45) is 0 Å². The summed E-state index contributed by atoms with van der Waals surface area (Å²) in [7, 11) is 4.79. The molecule has 0 saturated heterocycles. The number of esters is 2. The highest BCUT2D eigenvalue weighted by atomic mass is 16.5. The molecule has 6 nitrogen and oxygen atoms in total. The van der Waals surface area contributed by atoms with E-state index in [2.05, 4.69) is 6.92 Å². The Balaban J connectivity index is 1.72. The van der Waals surface area contributed by atoms with E-state index in [1.54, 1.807) is 38.5 Å². The highest BCUT2D eigenvalue weighted by molar-refractivity contribution is 5.96. The van der Waals surface area contributed by atoms with E-state index in [1.165, 1.54) is 7.11 Å². The van der Waals surface area contributed by atoms with Gasteiger partial charge < -0.3 is 18.9 Å². The zero-order valence-electron chi connectivity index (χ0n) is 22.9. The van der Waals surface area contributed by atoms with Gasteiger partial charge in [0.05, 0.1) is 26.9 Å². The fraction of sp³-hybridized carbons (Fsp3) is 0.273. The summed E-state index contributed by atoms with van der Waals surface area (Å²) in [6.45, 7) is 2.06. The minimum absolute atomic E-state index is 0.0463. The van der Waals surface area contributed by atoms with E-state index in [1.807, 2.05) is 54.6 Å². The summed E-state index contributed by atoms with van der Waals surface area (Å²) < 4.78 is 22.3. The van der Waals surface area contributed by atoms with Gasteiger partial charge in [0.1, 0.15) is 17.2 Å². The molecule has 202 valence electrons. The monoisotopic (exact) mass is 526 g/mol. The van der Waals surface area contributed by atoms with E-state index >= 15 is 0 Å². The first kappa shape index (κ1) is 27.7. The maximum Gasteiger partial charge on any atom is 0.343 e. The summed E-state index contributed by atoms with van der Waals surface area (Å²) in [5.41, 5.74) is 3.59. The summed E-state index contributed by atoms with van der Waals surface area (Å²) in [6, 6.07) is 24.6. The van der Waals surface area contributed by atoms with Gasteiger partial charge in [-0.1, -0.05) is 61.0 Å². The second kappa shape index (κ2) is 13.0. The number of hydrogen-bond acceptors (Lipinski definition) is 6. The molecule has 0 spiro atoms. The highest BCUT2D eigenvalue weighted by Crippen LogP contribution is 2.47. The van der Waals surface area contributed by atoms with Crippen LogP contribution in [0, 0.1) is 6.92 Å². The van der Waals surface area contributed by atoms with Gasteiger partial charge in [0.25, 0.3) is 0 Å². The van der Waals surface area contributed by atoms with Crippen LogP contribution in [-0.4, -0.2) is 33.3 Å². The van der Waals surface area contributed by atoms with E-state index in [-0.39, 0.29) is 11.9 Å². The van der Waals surface area contributed by atoms with Crippen molar-refractivity contribution in [1.82, 2.24) is 0 Å². The molecule has 1 unspecified atom stereocenters. The lowest BCUT2D eigenvalue weighted by Gasteiger charge is -2.26. The number of methoxy groups -OCH3 is 3. The van der Waals surface area contributed by atoms with Crippen molar-refractivity contribution >= 4 is 22.7 Å². The molecule has 0 amide bonds. The molecule has 0 aliphatic rings. The lowest BCUT2D eigenvalue weighted by Crippen LogP contribution is -2.10. The summed E-state index contributed by atoms with van der Waals surface area (Å²) in [4.78, 5) is 24.3. The topological polar surface area (TPSA) is 71.1 Å². The fourth-order valence-corrected chi connectivity index (χ4v) is 5.13. The van der Waals surface area contributed by atoms with Crippen LogP contribution in [0.5, 0.6) is 17.2 Å². The molecule has 4 rings (SSSR count). The van der Waals surface area contributed by atoms with E-state index < -0.39 is 5.97 Å². The first-order chi connectivity index (χ1) is 19.0. The normalized spacial score (nSPS) is 11.6. The molecule has 0 heterocycles. The van der Waals surface area contributed by atoms with Crippen molar-refractivity contribution < 1.29 is 28.5 Å². The summed E-state index contributed by atoms with van der Waals surface area (Å²) in [5.74, 6) is 1.43. The Bertz CT molecular complexity index is 1430. The molecule has 0 N–H and O–H groups in total. The Morgan fingerprint density at radius 2 is 1.36 bits per heavy atom. The van der Waals surface area contributed by atoms with E-state index in [4.69, 9.17) is 18.9 Å². The predicted octanol–water partition coefficient (Wildman–Crippen LogP) is 7.25. The van der Waals surface area contributed by atoms with Gasteiger partial charge in [-0.15, -0.1) is 0 Å². The molecule has 6 heteroatoms. The van der Waals surface area contributed by atoms with Crippen LogP contribution in [0.2, 0.25) is 0 Å². The zero-order valence-corrected chi connectivity index (χ0v) is 22.9. The summed E-state index contributed by atoms with van der Waals surface area (Å²) in [5, 5.41) is 1.97. The van der Waals surface area contributed by atoms with Crippen LogP contribution < -0.4 is 14.2 Å². The van der Waals surface area contributed by atoms with Gasteiger partial charge in [0, 0.05) is 28.7 Å². The first-order valence-corrected chi connectivity index (χ1v) is 13.1. The van der Waals surface area contributed by atoms with E-state index in [9.17, 15) is 9.59 Å². The van der Waals surface area contributed by atoms with Crippen LogP contribution in [0.15, 0.2) is 78.9 Å². The molecule has 0 aromatic heterocycles. The maximum absolute atomic E-state index is 12.5. The summed E-state index contributed by atoms with van der Waals surface area (Å²) >= 11 is 0. The van der Waals surface area contributed by atoms with Gasteiger partial charge in [-0.25, -0.2) is 4.79 Å². The molecule has 4 aromatic rings. The van der Waals surface area contributed by atoms with Gasteiger partial charge in [0.2, 0.25) is 0 Å². The second-order valence-electron chi connectivity index (χ2n) is 9.35. The number of fused-ring (bicyclic) bond motifs is 1. The molecule has 0 aliphatic heterocycles. The number of benzene rings is 4. The minimum Gasteiger partial charge on any atom is -0.496 e. The van der Waals surface area contributed by atoms with Crippen LogP contribution in [0.3, 0.4) is 0 Å². The molecule has 39 heavy (non-hydrogen) atoms. The number of hydrogen-bond donors (Lipinski definition) is 0. The van der Waals surface area contributed by atoms with Crippen LogP contribution in [0.25, 0.3) is 10.8 Å². The molecule has 0 aliphatic carbocycles. The number of unbranched alkanes of at least 4 members (excludes halogenated alkanes) is 1. The quantitative estimate of drug-likeness (QED) is 0.116. The molecular weight excluding hydrogens is 492 g/mol. The van der Waals surface area contributed by atoms with Crippen LogP contribution >= 0.6 is 0 Å². The average Bonchev–Trinajstić information content (AvgIpc) is 2.98. The SMILES string of the molecule is COC(=O)CCCCC(c1ccc(OC(=O)c2ccccc2)cc1)c1c(C)c(OC)c2ccccc2c1OC. The largest absolute Gasteiger partial charge is 0.496 e. The van der Waals surface area contributed by atoms with Gasteiger partial charge in [-0.2, -0.15) is 0 Å². The molecule has 0 radical (unpaired) electrons. The number of rotatable bonds is 11. The maximum atomic E-state index is 12.5. The number of ether oxygens (including phenoxy) is 4. The van der Waals surface area contributed by atoms with Gasteiger partial charge in [-0.3, -0.25) is 4.79 Å². The molecule has 0 saturated carbocycles. The van der Waals surface area contributed by atoms with E-state index in [0.717, 1.165) is 51.8 Å². The Hall–Kier alpha value is -4.32. The van der Waals surface area contributed by atoms with Crippen LogP contribution in [0.1, 0.15) is 58.6 Å². The third-order valence-corrected chi connectivity index (χ3v) is 7.02. The van der Waals surface area contributed by atoms with Crippen molar-refractivity contribution in [2.45, 2.75) is 38.5 Å². The van der Waals surface area contributed by atoms with Crippen LogP contribution in [0.4, 0.5) is 0 Å². The highest BCUT2D eigenvalue weighted by Gasteiger charge is 2.26. The van der Waals surface area contributed by atoms with Crippen molar-refractivity contribution in [2.75, 3.05) is 21.3 Å². The average molecular weight is 527 g/mol. The fourth-order valence-electron chi connectivity index (χ4n) is 5.13. The van der Waals surface area contributed by atoms with E-state index in [0.29, 0.717) is 24.2 Å². The van der Waals surface area contributed by atoms with Crippen molar-refractivity contribution in [3.63, 3.8) is 0 Å². The molecule has 0 fully saturated rings. The Labute approximate surface area is 229 Å². The molecular formula is C33H34O6. The molecule has 4 aromatic carbocycles. The third kappa shape index (κ3) is 6.23. The minimum atomic E-state index is -0.403. The van der Waals surface area contributed by atoms with Gasteiger partial charge >= 0.3 is 11.9 Å². The summed E-state index contributed by atoms with van der Waals surface area (Å²) in [6.07, 6.45) is 2.66. The number of carbonyl (C=O) groups is 2. The standard InChI is InChI=1S/C33H34O6/c1-22-30(32(38-4)28-16-9-8-15-27(28)31(22)37-3)26(14-10-11-17-29(34)36-2)23-18-20-25(21-19-23)39-33(35)24-12-6-5-7-13-24/h5-9,12-13,15-16,18-21,26H,10-11,14,17H2,1-4H3. The number of carbonyl (C=O) groups excluding carboxylic acids is 2. The zero-order chi connectivity index (χ0) is 27.8. The lowest BCUT2D eigenvalue weighted by atomic mass is 9.82. The van der Waals surface area contributed by atoms with Crippen molar-refractivity contribution in [3.8, 4) is 17.2 Å². The third-order valence-electron chi connectivity index (χ3n) is 7.02. The Kier molecular flexibility index (Phi) is 9.21. The van der Waals surface area contributed by atoms with Gasteiger partial charge in [-0.05, 0) is 55.2 Å². The first-order valence-electron chi connectivity index (χ1n) is 13.1. The lowest BCUT2D eigenvalue weighted by molar-refractivity contribution is -0.140. The van der Waals surface area contributed by atoms with Crippen molar-refractivity contribution in [1.29, 1.82) is 0 Å². The predicted molar refractivity (Wildman–Crippen MR) is 152 cm³/mol. The molecule has 0 bridgehead atoms. The smallest absolute Gasteiger partial charge is 0.343 e. The van der Waals surface area contributed by atoms with Crippen LogP contribution in [-0.2, 0) is 9.53 Å².